The number of hydrogen-bond acceptors (Lipinski definition) is 4. The van der Waals surface area contributed by atoms with Gasteiger partial charge in [0.2, 0.25) is 5.91 Å². The van der Waals surface area contributed by atoms with Crippen LogP contribution in [0.3, 0.4) is 0 Å². The minimum atomic E-state index is -0.421. The molecule has 1 aromatic heterocycles. The van der Waals surface area contributed by atoms with Gasteiger partial charge in [0.1, 0.15) is 0 Å². The first-order valence-corrected chi connectivity index (χ1v) is 5.56. The largest absolute Gasteiger partial charge is 0.379 e. The molecule has 0 fully saturated rings. The van der Waals surface area contributed by atoms with E-state index in [1.165, 1.54) is 0 Å². The van der Waals surface area contributed by atoms with E-state index in [1.54, 1.807) is 30.7 Å². The second-order valence-corrected chi connectivity index (χ2v) is 3.89. The molecule has 0 unspecified atom stereocenters. The number of anilines is 1. The van der Waals surface area contributed by atoms with Gasteiger partial charge >= 0.3 is 0 Å². The maximum atomic E-state index is 11.2. The summed E-state index contributed by atoms with van der Waals surface area (Å²) in [7, 11) is 0. The van der Waals surface area contributed by atoms with Crippen LogP contribution in [0.5, 0.6) is 0 Å². The van der Waals surface area contributed by atoms with Gasteiger partial charge in [-0.1, -0.05) is 6.07 Å². The third kappa shape index (κ3) is 2.63. The molecule has 0 aliphatic rings. The maximum absolute atomic E-state index is 11.2. The molecule has 1 aromatic carbocycles. The van der Waals surface area contributed by atoms with Gasteiger partial charge in [0.05, 0.1) is 18.4 Å². The second kappa shape index (κ2) is 5.27. The summed E-state index contributed by atoms with van der Waals surface area (Å²) < 4.78 is 0. The number of rotatable bonds is 4. The van der Waals surface area contributed by atoms with Crippen molar-refractivity contribution in [3.05, 3.63) is 53.6 Å². The first-order chi connectivity index (χ1) is 8.68. The van der Waals surface area contributed by atoms with E-state index in [2.05, 4.69) is 15.3 Å². The molecule has 0 saturated heterocycles. The molecule has 2 aromatic rings. The Morgan fingerprint density at radius 2 is 2.22 bits per heavy atom. The maximum Gasteiger partial charge on any atom is 0.249 e. The van der Waals surface area contributed by atoms with Gasteiger partial charge in [-0.25, -0.2) is 0 Å². The molecule has 18 heavy (non-hydrogen) atoms. The van der Waals surface area contributed by atoms with E-state index in [1.807, 2.05) is 13.0 Å². The Morgan fingerprint density at radius 3 is 2.89 bits per heavy atom. The molecule has 0 atom stereocenters. The Balaban J connectivity index is 2.15. The standard InChI is InChI=1S/C13H14N4O/c1-9-11(13(14)18)3-2-4-12(9)17-8-10-7-15-5-6-16-10/h2-7,17H,8H2,1H3,(H2,14,18). The molecule has 3 N–H and O–H groups in total. The zero-order chi connectivity index (χ0) is 13.0. The summed E-state index contributed by atoms with van der Waals surface area (Å²) in [6.07, 6.45) is 4.96. The predicted molar refractivity (Wildman–Crippen MR) is 69.1 cm³/mol. The molecule has 0 aliphatic heterocycles. The topological polar surface area (TPSA) is 80.9 Å². The molecule has 0 saturated carbocycles. The zero-order valence-electron chi connectivity index (χ0n) is 10.1. The van der Waals surface area contributed by atoms with Crippen LogP contribution in [0.2, 0.25) is 0 Å². The fraction of sp³-hybridized carbons (Fsp3) is 0.154. The number of hydrogen-bond donors (Lipinski definition) is 2. The SMILES string of the molecule is Cc1c(NCc2cnccn2)cccc1C(N)=O. The number of carbonyl (C=O) groups is 1. The average molecular weight is 242 g/mol. The Hall–Kier alpha value is -2.43. The molecule has 2 rings (SSSR count). The van der Waals surface area contributed by atoms with Crippen molar-refractivity contribution in [1.82, 2.24) is 9.97 Å². The zero-order valence-corrected chi connectivity index (χ0v) is 10.1. The van der Waals surface area contributed by atoms with Gasteiger partial charge in [-0.2, -0.15) is 0 Å². The van der Waals surface area contributed by atoms with E-state index in [0.717, 1.165) is 16.9 Å². The van der Waals surface area contributed by atoms with E-state index in [4.69, 9.17) is 5.73 Å². The van der Waals surface area contributed by atoms with Gasteiger partial charge in [-0.15, -0.1) is 0 Å². The van der Waals surface area contributed by atoms with Crippen LogP contribution < -0.4 is 11.1 Å². The highest BCUT2D eigenvalue weighted by Crippen LogP contribution is 2.18. The van der Waals surface area contributed by atoms with Crippen LogP contribution in [0.25, 0.3) is 0 Å². The number of benzene rings is 1. The summed E-state index contributed by atoms with van der Waals surface area (Å²) in [5.41, 5.74) is 8.38. The molecule has 0 radical (unpaired) electrons. The third-order valence-electron chi connectivity index (χ3n) is 2.68. The molecule has 5 nitrogen and oxygen atoms in total. The molecule has 0 spiro atoms. The summed E-state index contributed by atoms with van der Waals surface area (Å²) in [5, 5.41) is 3.21. The van der Waals surface area contributed by atoms with Crippen LogP contribution in [-0.2, 0) is 6.54 Å². The van der Waals surface area contributed by atoms with Crippen LogP contribution >= 0.6 is 0 Å². The number of primary amides is 1. The lowest BCUT2D eigenvalue weighted by molar-refractivity contribution is 0.1000. The summed E-state index contributed by atoms with van der Waals surface area (Å²) in [4.78, 5) is 19.4. The average Bonchev–Trinajstić information content (AvgIpc) is 2.38. The second-order valence-electron chi connectivity index (χ2n) is 3.89. The molecular weight excluding hydrogens is 228 g/mol. The number of carbonyl (C=O) groups excluding carboxylic acids is 1. The summed E-state index contributed by atoms with van der Waals surface area (Å²) in [5.74, 6) is -0.421. The molecule has 0 bridgehead atoms. The monoisotopic (exact) mass is 242 g/mol. The van der Waals surface area contributed by atoms with Gasteiger partial charge in [0.15, 0.2) is 0 Å². The van der Waals surface area contributed by atoms with Crippen molar-refractivity contribution >= 4 is 11.6 Å². The van der Waals surface area contributed by atoms with Crippen molar-refractivity contribution in [3.8, 4) is 0 Å². The van der Waals surface area contributed by atoms with Gasteiger partial charge < -0.3 is 11.1 Å². The third-order valence-corrected chi connectivity index (χ3v) is 2.68. The fourth-order valence-electron chi connectivity index (χ4n) is 1.70. The highest BCUT2D eigenvalue weighted by Gasteiger charge is 2.08. The Kier molecular flexibility index (Phi) is 3.52. The minimum absolute atomic E-state index is 0.421. The normalized spacial score (nSPS) is 10.1. The van der Waals surface area contributed by atoms with Crippen molar-refractivity contribution in [2.45, 2.75) is 13.5 Å². The lowest BCUT2D eigenvalue weighted by Gasteiger charge is -2.11. The number of amides is 1. The lowest BCUT2D eigenvalue weighted by atomic mass is 10.1. The Bertz CT molecular complexity index is 554. The number of nitrogens with two attached hydrogens (primary N) is 1. The van der Waals surface area contributed by atoms with Crippen LogP contribution in [-0.4, -0.2) is 15.9 Å². The van der Waals surface area contributed by atoms with Crippen molar-refractivity contribution in [3.63, 3.8) is 0 Å². The number of nitrogens with one attached hydrogen (secondary N) is 1. The van der Waals surface area contributed by atoms with Crippen molar-refractivity contribution < 1.29 is 4.79 Å². The first kappa shape index (κ1) is 12.0. The van der Waals surface area contributed by atoms with Crippen LogP contribution in [0, 0.1) is 6.92 Å². The molecule has 1 amide bonds. The Morgan fingerprint density at radius 1 is 1.39 bits per heavy atom. The van der Waals surface area contributed by atoms with Crippen molar-refractivity contribution in [1.29, 1.82) is 0 Å². The van der Waals surface area contributed by atoms with Crippen molar-refractivity contribution in [2.75, 3.05) is 5.32 Å². The molecule has 5 heteroatoms. The van der Waals surface area contributed by atoms with Gasteiger partial charge in [-0.3, -0.25) is 14.8 Å². The number of nitrogens with zero attached hydrogens (tertiary/aromatic N) is 2. The quantitative estimate of drug-likeness (QED) is 0.851. The summed E-state index contributed by atoms with van der Waals surface area (Å²) in [6, 6.07) is 5.41. The minimum Gasteiger partial charge on any atom is -0.379 e. The lowest BCUT2D eigenvalue weighted by Crippen LogP contribution is -2.14. The predicted octanol–water partition coefficient (Wildman–Crippen LogP) is 1.50. The van der Waals surface area contributed by atoms with E-state index >= 15 is 0 Å². The Labute approximate surface area is 105 Å². The van der Waals surface area contributed by atoms with Crippen LogP contribution in [0.4, 0.5) is 5.69 Å². The summed E-state index contributed by atoms with van der Waals surface area (Å²) in [6.45, 7) is 2.41. The molecule has 0 aliphatic carbocycles. The first-order valence-electron chi connectivity index (χ1n) is 5.56. The highest BCUT2D eigenvalue weighted by atomic mass is 16.1. The molecule has 1 heterocycles. The number of aromatic nitrogens is 2. The van der Waals surface area contributed by atoms with Crippen LogP contribution in [0.1, 0.15) is 21.6 Å². The highest BCUT2D eigenvalue weighted by molar-refractivity contribution is 5.95. The van der Waals surface area contributed by atoms with Crippen LogP contribution in [0.15, 0.2) is 36.8 Å². The van der Waals surface area contributed by atoms with Gasteiger partial charge in [0, 0.05) is 23.6 Å². The molecular formula is C13H14N4O. The van der Waals surface area contributed by atoms with E-state index in [9.17, 15) is 4.79 Å². The summed E-state index contributed by atoms with van der Waals surface area (Å²) >= 11 is 0. The van der Waals surface area contributed by atoms with Crippen molar-refractivity contribution in [2.24, 2.45) is 5.73 Å². The molecule has 92 valence electrons. The fourth-order valence-corrected chi connectivity index (χ4v) is 1.70. The smallest absolute Gasteiger partial charge is 0.249 e. The van der Waals surface area contributed by atoms with E-state index < -0.39 is 5.91 Å². The van der Waals surface area contributed by atoms with Gasteiger partial charge in [-0.05, 0) is 24.6 Å². The van der Waals surface area contributed by atoms with E-state index in [0.29, 0.717) is 12.1 Å². The van der Waals surface area contributed by atoms with E-state index in [-0.39, 0.29) is 0 Å². The van der Waals surface area contributed by atoms with Gasteiger partial charge in [0.25, 0.3) is 0 Å².